The summed E-state index contributed by atoms with van der Waals surface area (Å²) in [5.41, 5.74) is 2.36. The molecule has 3 rings (SSSR count). The van der Waals surface area contributed by atoms with E-state index in [1.807, 2.05) is 0 Å². The lowest BCUT2D eigenvalue weighted by molar-refractivity contribution is 0.174. The molecule has 0 radical (unpaired) electrons. The van der Waals surface area contributed by atoms with Gasteiger partial charge in [-0.05, 0) is 13.3 Å². The topological polar surface area (TPSA) is 40.8 Å². The van der Waals surface area contributed by atoms with Crippen molar-refractivity contribution >= 4 is 16.3 Å². The lowest BCUT2D eigenvalue weighted by atomic mass is 10.3. The van der Waals surface area contributed by atoms with Crippen molar-refractivity contribution in [3.63, 3.8) is 0 Å². The van der Waals surface area contributed by atoms with E-state index in [1.54, 1.807) is 11.3 Å². The van der Waals surface area contributed by atoms with E-state index in [0.717, 1.165) is 36.7 Å². The largest absolute Gasteiger partial charge is 0.392 e. The van der Waals surface area contributed by atoms with Crippen LogP contribution in [-0.4, -0.2) is 38.6 Å². The number of hydrogen-bond donors (Lipinski definition) is 1. The normalized spacial score (nSPS) is 22.2. The molecular weight excluding hydrogens is 222 g/mol. The maximum Gasteiger partial charge on any atom is 0.194 e. The van der Waals surface area contributed by atoms with Gasteiger partial charge in [0.25, 0.3) is 0 Å². The fourth-order valence-corrected chi connectivity index (χ4v) is 3.08. The predicted octanol–water partition coefficient (Wildman–Crippen LogP) is 1.27. The van der Waals surface area contributed by atoms with Crippen LogP contribution in [0, 0.1) is 6.92 Å². The van der Waals surface area contributed by atoms with Gasteiger partial charge in [0, 0.05) is 31.2 Å². The van der Waals surface area contributed by atoms with Crippen LogP contribution in [0.3, 0.4) is 0 Å². The number of nitrogens with zero attached hydrogens (tertiary/aromatic N) is 3. The summed E-state index contributed by atoms with van der Waals surface area (Å²) in [6, 6.07) is 0. The van der Waals surface area contributed by atoms with Crippen molar-refractivity contribution in [2.24, 2.45) is 0 Å². The van der Waals surface area contributed by atoms with Crippen LogP contribution >= 0.6 is 11.3 Å². The molecule has 1 aliphatic rings. The van der Waals surface area contributed by atoms with Gasteiger partial charge in [-0.1, -0.05) is 0 Å². The summed E-state index contributed by atoms with van der Waals surface area (Å²) in [5, 5.41) is 11.6. The van der Waals surface area contributed by atoms with Gasteiger partial charge < -0.3 is 5.11 Å². The molecule has 16 heavy (non-hydrogen) atoms. The highest BCUT2D eigenvalue weighted by Gasteiger charge is 2.22. The number of rotatable bonds is 2. The number of aliphatic hydroxyl groups excluding tert-OH is 1. The summed E-state index contributed by atoms with van der Waals surface area (Å²) in [4.78, 5) is 7.88. The number of likely N-dealkylation sites (tertiary alicyclic amines) is 1. The summed E-state index contributed by atoms with van der Waals surface area (Å²) in [5.74, 6) is 0. The van der Waals surface area contributed by atoms with Crippen molar-refractivity contribution in [3.05, 3.63) is 23.0 Å². The van der Waals surface area contributed by atoms with Gasteiger partial charge in [-0.15, -0.1) is 11.3 Å². The Labute approximate surface area is 98.1 Å². The molecule has 0 aromatic carbocycles. The van der Waals surface area contributed by atoms with E-state index in [2.05, 4.69) is 32.8 Å². The standard InChI is InChI=1S/C11H15N3OS/c1-8-10(7-13-3-2-9(15)6-13)14-4-5-16-11(14)12-8/h4-5,9,15H,2-3,6-7H2,1H3/t9-/m0/s1. The molecule has 0 saturated carbocycles. The molecule has 0 unspecified atom stereocenters. The quantitative estimate of drug-likeness (QED) is 0.855. The average Bonchev–Trinajstić information content (AvgIpc) is 2.88. The minimum atomic E-state index is -0.147. The Balaban J connectivity index is 1.88. The van der Waals surface area contributed by atoms with Crippen LogP contribution in [0.5, 0.6) is 0 Å². The van der Waals surface area contributed by atoms with E-state index in [0.29, 0.717) is 0 Å². The van der Waals surface area contributed by atoms with Crippen molar-refractivity contribution < 1.29 is 5.11 Å². The van der Waals surface area contributed by atoms with Gasteiger partial charge in [0.05, 0.1) is 17.5 Å². The number of aliphatic hydroxyl groups is 1. The van der Waals surface area contributed by atoms with E-state index in [-0.39, 0.29) is 6.10 Å². The van der Waals surface area contributed by atoms with Crippen LogP contribution in [0.25, 0.3) is 4.96 Å². The summed E-state index contributed by atoms with van der Waals surface area (Å²) in [6.45, 7) is 4.72. The number of thiazole rings is 1. The molecule has 2 aromatic heterocycles. The fourth-order valence-electron chi connectivity index (χ4n) is 2.30. The summed E-state index contributed by atoms with van der Waals surface area (Å²) in [6.07, 6.45) is 2.82. The zero-order chi connectivity index (χ0) is 11.1. The molecule has 1 fully saturated rings. The predicted molar refractivity (Wildman–Crippen MR) is 63.7 cm³/mol. The van der Waals surface area contributed by atoms with E-state index in [4.69, 9.17) is 0 Å². The molecule has 4 nitrogen and oxygen atoms in total. The Morgan fingerprint density at radius 2 is 2.50 bits per heavy atom. The maximum atomic E-state index is 9.51. The Hall–Kier alpha value is -0.910. The lowest BCUT2D eigenvalue weighted by Crippen LogP contribution is -2.22. The molecule has 0 spiro atoms. The van der Waals surface area contributed by atoms with Gasteiger partial charge in [0.15, 0.2) is 4.96 Å². The van der Waals surface area contributed by atoms with Gasteiger partial charge in [-0.3, -0.25) is 9.30 Å². The smallest absolute Gasteiger partial charge is 0.194 e. The Morgan fingerprint density at radius 3 is 3.25 bits per heavy atom. The highest BCUT2D eigenvalue weighted by molar-refractivity contribution is 7.15. The van der Waals surface area contributed by atoms with Crippen molar-refractivity contribution in [1.29, 1.82) is 0 Å². The van der Waals surface area contributed by atoms with E-state index < -0.39 is 0 Å². The third-order valence-electron chi connectivity index (χ3n) is 3.18. The molecule has 2 aromatic rings. The van der Waals surface area contributed by atoms with E-state index >= 15 is 0 Å². The monoisotopic (exact) mass is 237 g/mol. The Kier molecular flexibility index (Phi) is 2.46. The highest BCUT2D eigenvalue weighted by Crippen LogP contribution is 2.20. The number of imidazole rings is 1. The summed E-state index contributed by atoms with van der Waals surface area (Å²) in [7, 11) is 0. The molecule has 0 amide bonds. The van der Waals surface area contributed by atoms with Gasteiger partial charge in [-0.2, -0.15) is 0 Å². The second-order valence-corrected chi connectivity index (χ2v) is 5.25. The maximum absolute atomic E-state index is 9.51. The van der Waals surface area contributed by atoms with Crippen molar-refractivity contribution in [1.82, 2.24) is 14.3 Å². The zero-order valence-electron chi connectivity index (χ0n) is 9.26. The van der Waals surface area contributed by atoms with Crippen LogP contribution in [0.15, 0.2) is 11.6 Å². The number of fused-ring (bicyclic) bond motifs is 1. The molecule has 0 aliphatic carbocycles. The third-order valence-corrected chi connectivity index (χ3v) is 3.94. The number of aromatic nitrogens is 2. The molecular formula is C11H15N3OS. The first-order chi connectivity index (χ1) is 7.74. The van der Waals surface area contributed by atoms with Gasteiger partial charge in [0.1, 0.15) is 0 Å². The molecule has 1 atom stereocenters. The molecule has 86 valence electrons. The van der Waals surface area contributed by atoms with Crippen molar-refractivity contribution in [3.8, 4) is 0 Å². The minimum Gasteiger partial charge on any atom is -0.392 e. The van der Waals surface area contributed by atoms with Crippen LogP contribution in [-0.2, 0) is 6.54 Å². The first kappa shape index (κ1) is 10.3. The second-order valence-electron chi connectivity index (χ2n) is 4.38. The summed E-state index contributed by atoms with van der Waals surface area (Å²) >= 11 is 1.66. The van der Waals surface area contributed by atoms with Crippen molar-refractivity contribution in [2.45, 2.75) is 26.0 Å². The molecule has 3 heterocycles. The van der Waals surface area contributed by atoms with Crippen LogP contribution in [0.4, 0.5) is 0 Å². The van der Waals surface area contributed by atoms with Gasteiger partial charge in [0.2, 0.25) is 0 Å². The lowest BCUT2D eigenvalue weighted by Gasteiger charge is -2.14. The Morgan fingerprint density at radius 1 is 1.62 bits per heavy atom. The first-order valence-electron chi connectivity index (χ1n) is 5.55. The molecule has 0 bridgehead atoms. The molecule has 5 heteroatoms. The number of hydrogen-bond acceptors (Lipinski definition) is 4. The first-order valence-corrected chi connectivity index (χ1v) is 6.43. The Bertz CT molecular complexity index is 504. The highest BCUT2D eigenvalue weighted by atomic mass is 32.1. The van der Waals surface area contributed by atoms with Crippen LogP contribution in [0.1, 0.15) is 17.8 Å². The van der Waals surface area contributed by atoms with Crippen LogP contribution < -0.4 is 0 Å². The minimum absolute atomic E-state index is 0.147. The molecule has 1 N–H and O–H groups in total. The number of aryl methyl sites for hydroxylation is 1. The number of β-amino-alcohol motifs (C(OH)–C–C–N with tert-alkyl or cyclic N) is 1. The fraction of sp³-hybridized carbons (Fsp3) is 0.545. The van der Waals surface area contributed by atoms with Crippen LogP contribution in [0.2, 0.25) is 0 Å². The summed E-state index contributed by atoms with van der Waals surface area (Å²) < 4.78 is 2.16. The average molecular weight is 237 g/mol. The second kappa shape index (κ2) is 3.84. The van der Waals surface area contributed by atoms with E-state index in [9.17, 15) is 5.11 Å². The van der Waals surface area contributed by atoms with Crippen molar-refractivity contribution in [2.75, 3.05) is 13.1 Å². The van der Waals surface area contributed by atoms with E-state index in [1.165, 1.54) is 5.69 Å². The SMILES string of the molecule is Cc1nc2sccn2c1CN1CC[C@H](O)C1. The van der Waals surface area contributed by atoms with Gasteiger partial charge >= 0.3 is 0 Å². The zero-order valence-corrected chi connectivity index (χ0v) is 10.1. The molecule has 1 aliphatic heterocycles. The molecule has 1 saturated heterocycles. The van der Waals surface area contributed by atoms with Gasteiger partial charge in [-0.25, -0.2) is 4.98 Å². The third kappa shape index (κ3) is 1.65.